The van der Waals surface area contributed by atoms with Gasteiger partial charge in [0.25, 0.3) is 0 Å². The molecular formula is C25H33F3N4O3. The van der Waals surface area contributed by atoms with Gasteiger partial charge in [0.15, 0.2) is 0 Å². The van der Waals surface area contributed by atoms with Crippen molar-refractivity contribution in [3.8, 4) is 11.6 Å². The fraction of sp³-hybridized carbons (Fsp3) is 0.600. The molecule has 0 radical (unpaired) electrons. The van der Waals surface area contributed by atoms with Gasteiger partial charge in [0.2, 0.25) is 5.88 Å². The molecule has 0 N–H and O–H groups in total. The van der Waals surface area contributed by atoms with Crippen molar-refractivity contribution < 1.29 is 27.4 Å². The smallest absolute Gasteiger partial charge is 0.406 e. The summed E-state index contributed by atoms with van der Waals surface area (Å²) in [5.41, 5.74) is 0.533. The number of amides is 1. The maximum atomic E-state index is 13.0. The molecule has 1 aliphatic heterocycles. The van der Waals surface area contributed by atoms with Crippen LogP contribution in [-0.4, -0.2) is 58.0 Å². The number of carbonyl (C=O) groups is 1. The number of halogens is 3. The van der Waals surface area contributed by atoms with Gasteiger partial charge in [0.1, 0.15) is 5.75 Å². The lowest BCUT2D eigenvalue weighted by Crippen LogP contribution is -2.37. The van der Waals surface area contributed by atoms with E-state index < -0.39 is 12.5 Å². The van der Waals surface area contributed by atoms with Gasteiger partial charge in [0.05, 0.1) is 12.5 Å². The topological polar surface area (TPSA) is 59.8 Å². The first-order valence-corrected chi connectivity index (χ1v) is 12.2. The molecule has 7 nitrogen and oxygen atoms in total. The summed E-state index contributed by atoms with van der Waals surface area (Å²) >= 11 is 0. The third kappa shape index (κ3) is 6.68. The highest BCUT2D eigenvalue weighted by atomic mass is 19.4. The number of hydrogen-bond donors (Lipinski definition) is 0. The Hall–Kier alpha value is -2.75. The lowest BCUT2D eigenvalue weighted by Gasteiger charge is -2.26. The highest BCUT2D eigenvalue weighted by molar-refractivity contribution is 5.70. The molecule has 1 aromatic carbocycles. The summed E-state index contributed by atoms with van der Waals surface area (Å²) in [6, 6.07) is 5.71. The van der Waals surface area contributed by atoms with E-state index in [4.69, 9.17) is 4.74 Å². The van der Waals surface area contributed by atoms with E-state index in [2.05, 4.69) is 28.5 Å². The molecule has 35 heavy (non-hydrogen) atoms. The Morgan fingerprint density at radius 2 is 1.94 bits per heavy atom. The van der Waals surface area contributed by atoms with E-state index in [-0.39, 0.29) is 18.2 Å². The zero-order valence-electron chi connectivity index (χ0n) is 20.4. The molecule has 2 fully saturated rings. The van der Waals surface area contributed by atoms with Gasteiger partial charge in [-0.25, -0.2) is 9.78 Å². The number of aromatic nitrogens is 2. The van der Waals surface area contributed by atoms with Crippen molar-refractivity contribution in [3.05, 3.63) is 42.4 Å². The molecule has 1 aliphatic carbocycles. The number of benzene rings is 1. The molecule has 1 amide bonds. The summed E-state index contributed by atoms with van der Waals surface area (Å²) in [5.74, 6) is 2.02. The first-order chi connectivity index (χ1) is 16.6. The lowest BCUT2D eigenvalue weighted by molar-refractivity contribution is -0.274. The number of aryl methyl sites for hydroxylation is 1. The van der Waals surface area contributed by atoms with Crippen LogP contribution in [0.1, 0.15) is 32.3 Å². The fourth-order valence-electron chi connectivity index (χ4n) is 5.18. The number of piperidine rings is 1. The second-order valence-corrected chi connectivity index (χ2v) is 9.71. The molecule has 2 heterocycles. The Morgan fingerprint density at radius 3 is 2.54 bits per heavy atom. The first-order valence-electron chi connectivity index (χ1n) is 12.2. The molecule has 1 aromatic heterocycles. The predicted molar refractivity (Wildman–Crippen MR) is 124 cm³/mol. The number of rotatable bonds is 10. The molecule has 4 rings (SSSR count). The summed E-state index contributed by atoms with van der Waals surface area (Å²) < 4.78 is 49.2. The third-order valence-corrected chi connectivity index (χ3v) is 7.19. The average molecular weight is 495 g/mol. The van der Waals surface area contributed by atoms with Crippen molar-refractivity contribution in [2.45, 2.75) is 39.6 Å². The van der Waals surface area contributed by atoms with Gasteiger partial charge in [-0.05, 0) is 41.4 Å². The second kappa shape index (κ2) is 10.5. The molecule has 0 bridgehead atoms. The van der Waals surface area contributed by atoms with Crippen molar-refractivity contribution in [2.75, 3.05) is 26.2 Å². The number of fused-ring (bicyclic) bond motifs is 1. The summed E-state index contributed by atoms with van der Waals surface area (Å²) in [6.45, 7) is 8.25. The van der Waals surface area contributed by atoms with Crippen LogP contribution in [0.15, 0.2) is 36.8 Å². The van der Waals surface area contributed by atoms with Gasteiger partial charge >= 0.3 is 12.5 Å². The number of imidazole rings is 1. The van der Waals surface area contributed by atoms with Crippen LogP contribution in [0, 0.1) is 23.7 Å². The Bertz CT molecular complexity index is 996. The molecule has 192 valence electrons. The van der Waals surface area contributed by atoms with E-state index >= 15 is 0 Å². The Kier molecular flexibility index (Phi) is 7.59. The number of hydrogen-bond acceptors (Lipinski definition) is 5. The zero-order valence-corrected chi connectivity index (χ0v) is 20.4. The van der Waals surface area contributed by atoms with Crippen molar-refractivity contribution in [2.24, 2.45) is 30.7 Å². The molecule has 10 heteroatoms. The molecule has 0 spiro atoms. The molecule has 1 saturated carbocycles. The summed E-state index contributed by atoms with van der Waals surface area (Å²) in [5, 5.41) is 0. The zero-order chi connectivity index (χ0) is 25.2. The quantitative estimate of drug-likeness (QED) is 0.469. The van der Waals surface area contributed by atoms with Crippen molar-refractivity contribution >= 4 is 6.09 Å². The van der Waals surface area contributed by atoms with Crippen LogP contribution in [0.3, 0.4) is 0 Å². The highest BCUT2D eigenvalue weighted by Crippen LogP contribution is 2.52. The molecular weight excluding hydrogens is 461 g/mol. The van der Waals surface area contributed by atoms with Crippen LogP contribution in [-0.2, 0) is 13.6 Å². The summed E-state index contributed by atoms with van der Waals surface area (Å²) in [6.07, 6.45) is 0.138. The van der Waals surface area contributed by atoms with Crippen LogP contribution < -0.4 is 9.47 Å². The SMILES string of the molecule is CCC(CC)CN1CC2C(C1)C2CN(Cc1cccc(OC(F)(F)F)c1)C(=O)Oc1cn(C)cn1. The lowest BCUT2D eigenvalue weighted by atomic mass is 10.0. The van der Waals surface area contributed by atoms with Gasteiger partial charge in [0, 0.05) is 39.8 Å². The van der Waals surface area contributed by atoms with Crippen LogP contribution >= 0.6 is 0 Å². The van der Waals surface area contributed by atoms with Gasteiger partial charge in [-0.1, -0.05) is 38.8 Å². The normalized spacial score (nSPS) is 21.7. The molecule has 2 unspecified atom stereocenters. The van der Waals surface area contributed by atoms with E-state index in [0.29, 0.717) is 35.8 Å². The number of alkyl halides is 3. The fourth-order valence-corrected chi connectivity index (χ4v) is 5.18. The predicted octanol–water partition coefficient (Wildman–Crippen LogP) is 4.93. The Labute approximate surface area is 203 Å². The minimum atomic E-state index is -4.78. The third-order valence-electron chi connectivity index (χ3n) is 7.19. The summed E-state index contributed by atoms with van der Waals surface area (Å²) in [7, 11) is 1.77. The second-order valence-electron chi connectivity index (χ2n) is 9.71. The highest BCUT2D eigenvalue weighted by Gasteiger charge is 2.56. The van der Waals surface area contributed by atoms with Gasteiger partial charge in [-0.15, -0.1) is 13.2 Å². The number of nitrogens with zero attached hydrogens (tertiary/aromatic N) is 4. The van der Waals surface area contributed by atoms with Gasteiger partial charge in [-0.2, -0.15) is 0 Å². The van der Waals surface area contributed by atoms with Crippen molar-refractivity contribution in [1.29, 1.82) is 0 Å². The van der Waals surface area contributed by atoms with Gasteiger partial charge in [-0.3, -0.25) is 0 Å². The van der Waals surface area contributed by atoms with E-state index in [0.717, 1.165) is 19.6 Å². The molecule has 2 atom stereocenters. The number of likely N-dealkylation sites (tertiary alicyclic amines) is 1. The molecule has 2 aliphatic rings. The van der Waals surface area contributed by atoms with E-state index in [1.807, 2.05) is 0 Å². The molecule has 2 aromatic rings. The standard InChI is InChI=1S/C25H33F3N4O3/c1-4-17(5-2)10-31-12-20-21(13-31)22(20)14-32(24(33)34-23-15-30(3)16-29-23)11-18-7-6-8-19(9-18)35-25(26,27)28/h6-9,15-17,20-22H,4-5,10-14H2,1-3H3. The van der Waals surface area contributed by atoms with Crippen LogP contribution in [0.5, 0.6) is 11.6 Å². The van der Waals surface area contributed by atoms with E-state index in [1.165, 1.54) is 37.4 Å². The monoisotopic (exact) mass is 494 g/mol. The maximum absolute atomic E-state index is 13.0. The Balaban J connectivity index is 1.41. The van der Waals surface area contributed by atoms with Crippen LogP contribution in [0.25, 0.3) is 0 Å². The molecule has 1 saturated heterocycles. The number of ether oxygens (including phenoxy) is 2. The minimum Gasteiger partial charge on any atom is -0.406 e. The first kappa shape index (κ1) is 25.3. The van der Waals surface area contributed by atoms with Crippen LogP contribution in [0.2, 0.25) is 0 Å². The van der Waals surface area contributed by atoms with E-state index in [9.17, 15) is 18.0 Å². The average Bonchev–Trinajstić information content (AvgIpc) is 3.10. The largest absolute Gasteiger partial charge is 0.573 e. The minimum absolute atomic E-state index is 0.119. The van der Waals surface area contributed by atoms with Crippen LogP contribution in [0.4, 0.5) is 18.0 Å². The van der Waals surface area contributed by atoms with E-state index in [1.54, 1.807) is 28.8 Å². The van der Waals surface area contributed by atoms with Crippen molar-refractivity contribution in [1.82, 2.24) is 19.4 Å². The maximum Gasteiger partial charge on any atom is 0.573 e. The van der Waals surface area contributed by atoms with Gasteiger partial charge < -0.3 is 23.8 Å². The summed E-state index contributed by atoms with van der Waals surface area (Å²) in [4.78, 5) is 21.2. The Morgan fingerprint density at radius 1 is 1.23 bits per heavy atom. The van der Waals surface area contributed by atoms with Crippen molar-refractivity contribution in [3.63, 3.8) is 0 Å². The number of carbonyl (C=O) groups excluding carboxylic acids is 1.